The van der Waals surface area contributed by atoms with E-state index in [0.717, 1.165) is 0 Å². The molecule has 5 rings (SSSR count). The second-order valence-corrected chi connectivity index (χ2v) is 18.1. The average molecular weight is 831 g/mol. The van der Waals surface area contributed by atoms with Gasteiger partial charge in [0.2, 0.25) is 0 Å². The lowest BCUT2D eigenvalue weighted by Gasteiger charge is -2.44. The molecule has 0 bridgehead atoms. The SMILES string of the molecule is C=CC[C@H]1C[C@@H](C)CN[C@H](C)[C@H]2N(CCCCn3cc(-c4ncc(N)s4)nn3)C(=O)O[C@]2(C)[C@@H](CC)OC(=O)[C@H](C)C(=O)[C@H](C)[C@H]1O[C@@H]1OC(C)CC(N(C)C)C1O. The summed E-state index contributed by atoms with van der Waals surface area (Å²) < 4.78 is 27.1. The molecule has 4 N–H and O–H groups in total. The molecule has 13 atom stereocenters. The summed E-state index contributed by atoms with van der Waals surface area (Å²) in [5.74, 6) is -3.00. The number of nitrogen functional groups attached to an aromatic ring is 1. The van der Waals surface area contributed by atoms with Gasteiger partial charge in [-0.2, -0.15) is 0 Å². The van der Waals surface area contributed by atoms with E-state index in [0.29, 0.717) is 73.9 Å². The Balaban J connectivity index is 1.37. The third-order valence-electron chi connectivity index (χ3n) is 12.2. The van der Waals surface area contributed by atoms with Gasteiger partial charge in [0.1, 0.15) is 33.8 Å². The Hall–Kier alpha value is -3.48. The number of Topliss-reactive ketones (excluding diaryl/α,β-unsaturated/α-hetero) is 1. The smallest absolute Gasteiger partial charge is 0.410 e. The topological polar surface area (TPSA) is 196 Å². The van der Waals surface area contributed by atoms with Crippen molar-refractivity contribution >= 4 is 34.2 Å². The highest BCUT2D eigenvalue weighted by atomic mass is 32.1. The Kier molecular flexibility index (Phi) is 15.5. The monoisotopic (exact) mass is 830 g/mol. The van der Waals surface area contributed by atoms with Crippen LogP contribution in [0.3, 0.4) is 0 Å². The molecule has 324 valence electrons. The lowest BCUT2D eigenvalue weighted by Crippen LogP contribution is -2.60. The van der Waals surface area contributed by atoms with Crippen LogP contribution < -0.4 is 11.1 Å². The van der Waals surface area contributed by atoms with Gasteiger partial charge in [-0.15, -0.1) is 11.7 Å². The van der Waals surface area contributed by atoms with Crippen molar-refractivity contribution < 1.29 is 38.4 Å². The van der Waals surface area contributed by atoms with Crippen molar-refractivity contribution in [2.24, 2.45) is 23.7 Å². The number of aliphatic hydroxyl groups is 1. The number of nitrogens with one attached hydrogen (secondary N) is 1. The Morgan fingerprint density at radius 2 is 1.88 bits per heavy atom. The van der Waals surface area contributed by atoms with Gasteiger partial charge in [0.25, 0.3) is 0 Å². The van der Waals surface area contributed by atoms with E-state index >= 15 is 0 Å². The number of amides is 1. The van der Waals surface area contributed by atoms with Crippen LogP contribution in [0.5, 0.6) is 0 Å². The summed E-state index contributed by atoms with van der Waals surface area (Å²) in [5.41, 5.74) is 5.28. The number of rotatable bonds is 12. The van der Waals surface area contributed by atoms with Crippen molar-refractivity contribution in [2.75, 3.05) is 32.9 Å². The maximum absolute atomic E-state index is 14.3. The van der Waals surface area contributed by atoms with Gasteiger partial charge in [-0.05, 0) is 98.7 Å². The van der Waals surface area contributed by atoms with Crippen LogP contribution in [0.4, 0.5) is 9.80 Å². The van der Waals surface area contributed by atoms with Crippen LogP contribution in [-0.4, -0.2) is 134 Å². The van der Waals surface area contributed by atoms with Crippen molar-refractivity contribution in [3.05, 3.63) is 25.0 Å². The standard InChI is InChI=1S/C41H66N8O8S/c1-11-15-28-18-23(3)20-43-27(7)36-41(8,57-40(53)49(36)17-14-13-16-48-22-29(45-46-48)37-44-21-32(42)58-37)31(12-2)55-38(52)26(6)33(50)25(5)35(28)56-39-34(51)30(47(9)10)19-24(4)54-39/h11,21-28,30-31,34-36,39,43,51H,1,12-20,42H2,2-10H3/t23-,24?,25+,26-,27-,28+,30?,31-,34?,35-,36-,39+,41-/m1/s1. The highest BCUT2D eigenvalue weighted by Crippen LogP contribution is 2.39. The number of allylic oxidation sites excluding steroid dienone is 1. The summed E-state index contributed by atoms with van der Waals surface area (Å²) in [6, 6.07) is -0.959. The molecule has 0 aliphatic carbocycles. The summed E-state index contributed by atoms with van der Waals surface area (Å²) in [4.78, 5) is 50.1. The number of nitrogens with zero attached hydrogens (tertiary/aromatic N) is 6. The van der Waals surface area contributed by atoms with Crippen LogP contribution in [0, 0.1) is 23.7 Å². The number of hydrogen-bond donors (Lipinski definition) is 3. The number of nitrogens with two attached hydrogens (primary N) is 1. The van der Waals surface area contributed by atoms with Crippen molar-refractivity contribution in [3.63, 3.8) is 0 Å². The third-order valence-corrected chi connectivity index (χ3v) is 13.1. The van der Waals surface area contributed by atoms with Gasteiger partial charge < -0.3 is 40.0 Å². The summed E-state index contributed by atoms with van der Waals surface area (Å²) in [6.45, 7) is 18.8. The van der Waals surface area contributed by atoms with Gasteiger partial charge in [-0.1, -0.05) is 43.4 Å². The minimum atomic E-state index is -1.22. The molecule has 3 aliphatic heterocycles. The van der Waals surface area contributed by atoms with Gasteiger partial charge in [0, 0.05) is 31.1 Å². The van der Waals surface area contributed by atoms with Crippen LogP contribution >= 0.6 is 11.3 Å². The number of fused-ring (bicyclic) bond motifs is 1. The van der Waals surface area contributed by atoms with Crippen LogP contribution in [0.1, 0.15) is 87.0 Å². The number of unbranched alkanes of at least 4 members (excludes halogenated alkanes) is 1. The maximum Gasteiger partial charge on any atom is 0.410 e. The molecule has 2 aromatic heterocycles. The summed E-state index contributed by atoms with van der Waals surface area (Å²) in [7, 11) is 3.83. The molecule has 0 spiro atoms. The molecule has 58 heavy (non-hydrogen) atoms. The fourth-order valence-corrected chi connectivity index (χ4v) is 9.73. The van der Waals surface area contributed by atoms with Crippen LogP contribution in [-0.2, 0) is 35.1 Å². The number of hydrogen-bond acceptors (Lipinski definition) is 15. The minimum absolute atomic E-state index is 0.0972. The predicted molar refractivity (Wildman–Crippen MR) is 221 cm³/mol. The molecule has 0 saturated carbocycles. The Morgan fingerprint density at radius 3 is 2.53 bits per heavy atom. The van der Waals surface area contributed by atoms with E-state index in [1.807, 2.05) is 59.0 Å². The molecule has 3 fully saturated rings. The molecule has 0 aromatic carbocycles. The number of likely N-dealkylation sites (N-methyl/N-ethyl adjacent to an activating group) is 1. The molecule has 16 nitrogen and oxygen atoms in total. The number of ketones is 1. The third kappa shape index (κ3) is 10.3. The fraction of sp³-hybridized carbons (Fsp3) is 0.756. The highest BCUT2D eigenvalue weighted by Gasteiger charge is 2.58. The molecule has 0 radical (unpaired) electrons. The van der Waals surface area contributed by atoms with Gasteiger partial charge in [0.15, 0.2) is 17.7 Å². The summed E-state index contributed by atoms with van der Waals surface area (Å²) in [6.07, 6.45) is 4.72. The number of aliphatic hydroxyl groups excluding tert-OH is 1. The van der Waals surface area contributed by atoms with Gasteiger partial charge in [-0.25, -0.2) is 9.78 Å². The van der Waals surface area contributed by atoms with Gasteiger partial charge in [0.05, 0.1) is 30.6 Å². The van der Waals surface area contributed by atoms with Crippen molar-refractivity contribution in [3.8, 4) is 10.7 Å². The second-order valence-electron chi connectivity index (χ2n) is 17.1. The molecule has 3 aliphatic rings. The zero-order valence-corrected chi connectivity index (χ0v) is 36.5. The fourth-order valence-electron chi connectivity index (χ4n) is 9.09. The number of carbonyl (C=O) groups excluding carboxylic acids is 3. The predicted octanol–water partition coefficient (Wildman–Crippen LogP) is 4.53. The Bertz CT molecular complexity index is 1710. The van der Waals surface area contributed by atoms with Crippen LogP contribution in [0.25, 0.3) is 10.7 Å². The zero-order chi connectivity index (χ0) is 42.5. The van der Waals surface area contributed by atoms with E-state index in [-0.39, 0.29) is 35.8 Å². The Morgan fingerprint density at radius 1 is 1.16 bits per heavy atom. The number of cyclic esters (lactones) is 1. The lowest BCUT2D eigenvalue weighted by atomic mass is 9.79. The number of carbonyl (C=O) groups is 3. The second kappa shape index (κ2) is 19.7. The minimum Gasteiger partial charge on any atom is -0.458 e. The molecule has 2 aromatic rings. The molecule has 3 unspecified atom stereocenters. The van der Waals surface area contributed by atoms with Crippen molar-refractivity contribution in [2.45, 2.75) is 148 Å². The van der Waals surface area contributed by atoms with E-state index < -0.39 is 60.1 Å². The zero-order valence-electron chi connectivity index (χ0n) is 35.7. The van der Waals surface area contributed by atoms with E-state index in [2.05, 4.69) is 34.1 Å². The molecule has 5 heterocycles. The number of ether oxygens (including phenoxy) is 4. The van der Waals surface area contributed by atoms with Gasteiger partial charge in [-0.3, -0.25) is 19.2 Å². The number of anilines is 1. The van der Waals surface area contributed by atoms with Gasteiger partial charge >= 0.3 is 12.1 Å². The largest absolute Gasteiger partial charge is 0.458 e. The number of aromatic nitrogens is 4. The normalized spacial score (nSPS) is 35.6. The van der Waals surface area contributed by atoms with E-state index in [1.165, 1.54) is 11.3 Å². The first kappa shape index (κ1) is 45.6. The molecular formula is C41H66N8O8S. The van der Waals surface area contributed by atoms with E-state index in [1.54, 1.807) is 29.6 Å². The summed E-state index contributed by atoms with van der Waals surface area (Å²) in [5, 5.41) is 24.9. The number of esters is 1. The first-order chi connectivity index (χ1) is 27.5. The van der Waals surface area contributed by atoms with Crippen molar-refractivity contribution in [1.29, 1.82) is 0 Å². The highest BCUT2D eigenvalue weighted by molar-refractivity contribution is 7.18. The first-order valence-electron chi connectivity index (χ1n) is 20.8. The Labute approximate surface area is 347 Å². The van der Waals surface area contributed by atoms with E-state index in [9.17, 15) is 19.5 Å². The first-order valence-corrected chi connectivity index (χ1v) is 21.7. The van der Waals surface area contributed by atoms with Crippen LogP contribution in [0.15, 0.2) is 25.0 Å². The number of aryl methyl sites for hydroxylation is 1. The summed E-state index contributed by atoms with van der Waals surface area (Å²) >= 11 is 1.35. The van der Waals surface area contributed by atoms with Crippen LogP contribution in [0.2, 0.25) is 0 Å². The molecule has 3 saturated heterocycles. The molecule has 1 amide bonds. The molecular weight excluding hydrogens is 765 g/mol. The van der Waals surface area contributed by atoms with E-state index in [4.69, 9.17) is 24.7 Å². The maximum atomic E-state index is 14.3. The lowest BCUT2D eigenvalue weighted by molar-refractivity contribution is -0.278. The number of thiazole rings is 1. The average Bonchev–Trinajstić information content (AvgIpc) is 3.90. The quantitative estimate of drug-likeness (QED) is 0.117. The van der Waals surface area contributed by atoms with Crippen molar-refractivity contribution in [1.82, 2.24) is 35.1 Å². The molecule has 17 heteroatoms.